The predicted molar refractivity (Wildman–Crippen MR) is 86.7 cm³/mol. The van der Waals surface area contributed by atoms with Crippen molar-refractivity contribution in [3.63, 3.8) is 0 Å². The Morgan fingerprint density at radius 3 is 2.95 bits per heavy atom. The molecule has 0 amide bonds. The van der Waals surface area contributed by atoms with Gasteiger partial charge in [-0.2, -0.15) is 5.10 Å². The zero-order valence-corrected chi connectivity index (χ0v) is 13.7. The van der Waals surface area contributed by atoms with E-state index < -0.39 is 0 Å². The summed E-state index contributed by atoms with van der Waals surface area (Å²) in [5, 5.41) is 7.88. The zero-order chi connectivity index (χ0) is 14.7. The van der Waals surface area contributed by atoms with E-state index in [0.717, 1.165) is 25.2 Å². The molecule has 4 nitrogen and oxygen atoms in total. The Labute approximate surface area is 130 Å². The molecule has 21 heavy (non-hydrogen) atoms. The van der Waals surface area contributed by atoms with Crippen molar-refractivity contribution in [2.75, 3.05) is 6.54 Å². The van der Waals surface area contributed by atoms with Crippen LogP contribution in [0.15, 0.2) is 12.4 Å². The van der Waals surface area contributed by atoms with E-state index >= 15 is 0 Å². The van der Waals surface area contributed by atoms with Crippen LogP contribution in [-0.2, 0) is 26.3 Å². The van der Waals surface area contributed by atoms with Gasteiger partial charge in [0.2, 0.25) is 0 Å². The first-order valence-electron chi connectivity index (χ1n) is 7.95. The van der Waals surface area contributed by atoms with E-state index in [1.54, 1.807) is 16.8 Å². The van der Waals surface area contributed by atoms with Gasteiger partial charge in [-0.15, -0.1) is 11.3 Å². The first-order chi connectivity index (χ1) is 10.3. The van der Waals surface area contributed by atoms with Gasteiger partial charge in [0.15, 0.2) is 0 Å². The minimum Gasteiger partial charge on any atom is -0.309 e. The third-order valence-corrected chi connectivity index (χ3v) is 5.54. The standard InChI is InChI=1S/C16H24N4S/c1-3-8-17-13(10-16-18-11-19-20(16)2)15-9-12-6-4-5-7-14(12)21-15/h9,11,13,17H,3-8,10H2,1-2H3. The lowest BCUT2D eigenvalue weighted by atomic mass is 9.98. The molecule has 2 aromatic rings. The van der Waals surface area contributed by atoms with Gasteiger partial charge in [-0.05, 0) is 50.3 Å². The van der Waals surface area contributed by atoms with Crippen LogP contribution in [0, 0.1) is 0 Å². The molecule has 0 bridgehead atoms. The van der Waals surface area contributed by atoms with Crippen molar-refractivity contribution in [3.8, 4) is 0 Å². The molecule has 1 unspecified atom stereocenters. The number of nitrogens with one attached hydrogen (secondary N) is 1. The highest BCUT2D eigenvalue weighted by molar-refractivity contribution is 7.12. The first kappa shape index (κ1) is 14.7. The maximum Gasteiger partial charge on any atom is 0.138 e. The SMILES string of the molecule is CCCNC(Cc1ncnn1C)c1cc2c(s1)CCCC2. The number of aryl methyl sites for hydroxylation is 3. The van der Waals surface area contributed by atoms with Gasteiger partial charge in [0.25, 0.3) is 0 Å². The van der Waals surface area contributed by atoms with Gasteiger partial charge in [0.1, 0.15) is 12.2 Å². The maximum atomic E-state index is 4.39. The second-order valence-corrected chi connectivity index (χ2v) is 6.98. The van der Waals surface area contributed by atoms with E-state index in [-0.39, 0.29) is 0 Å². The molecule has 0 fully saturated rings. The lowest BCUT2D eigenvalue weighted by molar-refractivity contribution is 0.513. The summed E-state index contributed by atoms with van der Waals surface area (Å²) in [5.74, 6) is 1.05. The highest BCUT2D eigenvalue weighted by atomic mass is 32.1. The van der Waals surface area contributed by atoms with Gasteiger partial charge in [0.05, 0.1) is 0 Å². The fourth-order valence-corrected chi connectivity index (χ4v) is 4.30. The molecule has 2 aromatic heterocycles. The number of rotatable bonds is 6. The maximum absolute atomic E-state index is 4.39. The van der Waals surface area contributed by atoms with E-state index in [2.05, 4.69) is 28.4 Å². The second-order valence-electron chi connectivity index (χ2n) is 5.81. The molecular formula is C16H24N4S. The van der Waals surface area contributed by atoms with Crippen LogP contribution >= 0.6 is 11.3 Å². The average Bonchev–Trinajstić information content (AvgIpc) is 3.09. The molecule has 1 atom stereocenters. The number of fused-ring (bicyclic) bond motifs is 1. The topological polar surface area (TPSA) is 42.7 Å². The molecule has 2 heterocycles. The van der Waals surface area contributed by atoms with Crippen molar-refractivity contribution in [2.45, 2.75) is 51.5 Å². The molecule has 0 aromatic carbocycles. The van der Waals surface area contributed by atoms with Crippen molar-refractivity contribution < 1.29 is 0 Å². The van der Waals surface area contributed by atoms with Crippen molar-refractivity contribution in [1.82, 2.24) is 20.1 Å². The van der Waals surface area contributed by atoms with E-state index in [1.165, 1.54) is 30.6 Å². The number of hydrogen-bond acceptors (Lipinski definition) is 4. The third kappa shape index (κ3) is 3.35. The highest BCUT2D eigenvalue weighted by Gasteiger charge is 2.20. The minimum absolute atomic E-state index is 0.364. The Morgan fingerprint density at radius 1 is 1.38 bits per heavy atom. The van der Waals surface area contributed by atoms with E-state index in [4.69, 9.17) is 0 Å². The molecule has 0 radical (unpaired) electrons. The Kier molecular flexibility index (Phi) is 4.70. The van der Waals surface area contributed by atoms with Crippen molar-refractivity contribution in [1.29, 1.82) is 0 Å². The van der Waals surface area contributed by atoms with Crippen molar-refractivity contribution in [2.24, 2.45) is 7.05 Å². The number of aromatic nitrogens is 3. The third-order valence-electron chi connectivity index (χ3n) is 4.19. The van der Waals surface area contributed by atoms with Gasteiger partial charge in [-0.1, -0.05) is 6.92 Å². The van der Waals surface area contributed by atoms with Crippen LogP contribution < -0.4 is 5.32 Å². The van der Waals surface area contributed by atoms with Gasteiger partial charge in [0, 0.05) is 29.3 Å². The molecule has 114 valence electrons. The average molecular weight is 304 g/mol. The molecule has 0 aliphatic heterocycles. The smallest absolute Gasteiger partial charge is 0.138 e. The summed E-state index contributed by atoms with van der Waals surface area (Å²) < 4.78 is 1.88. The number of hydrogen-bond donors (Lipinski definition) is 1. The Bertz CT molecular complexity index is 563. The summed E-state index contributed by atoms with van der Waals surface area (Å²) in [7, 11) is 1.97. The normalized spacial score (nSPS) is 15.9. The monoisotopic (exact) mass is 304 g/mol. The van der Waals surface area contributed by atoms with Crippen LogP contribution in [0.25, 0.3) is 0 Å². The lowest BCUT2D eigenvalue weighted by Gasteiger charge is -2.16. The molecule has 0 saturated carbocycles. The quantitative estimate of drug-likeness (QED) is 0.892. The molecule has 1 N–H and O–H groups in total. The fraction of sp³-hybridized carbons (Fsp3) is 0.625. The fourth-order valence-electron chi connectivity index (χ4n) is 2.96. The molecule has 5 heteroatoms. The largest absolute Gasteiger partial charge is 0.309 e. The highest BCUT2D eigenvalue weighted by Crippen LogP contribution is 2.33. The number of thiophene rings is 1. The van der Waals surface area contributed by atoms with Crippen LogP contribution in [0.2, 0.25) is 0 Å². The molecule has 0 spiro atoms. The zero-order valence-electron chi connectivity index (χ0n) is 12.9. The second kappa shape index (κ2) is 6.71. The summed E-state index contributed by atoms with van der Waals surface area (Å²) in [4.78, 5) is 7.47. The minimum atomic E-state index is 0.364. The van der Waals surface area contributed by atoms with Crippen LogP contribution in [-0.4, -0.2) is 21.3 Å². The van der Waals surface area contributed by atoms with E-state index in [0.29, 0.717) is 6.04 Å². The van der Waals surface area contributed by atoms with Crippen LogP contribution in [0.1, 0.15) is 53.4 Å². The van der Waals surface area contributed by atoms with Crippen LogP contribution in [0.3, 0.4) is 0 Å². The molecular weight excluding hydrogens is 280 g/mol. The van der Waals surface area contributed by atoms with Crippen molar-refractivity contribution >= 4 is 11.3 Å². The van der Waals surface area contributed by atoms with Gasteiger partial charge < -0.3 is 5.32 Å². The lowest BCUT2D eigenvalue weighted by Crippen LogP contribution is -2.24. The van der Waals surface area contributed by atoms with E-state index in [1.807, 2.05) is 23.1 Å². The summed E-state index contributed by atoms with van der Waals surface area (Å²) in [6.07, 6.45) is 8.94. The summed E-state index contributed by atoms with van der Waals surface area (Å²) in [6, 6.07) is 2.80. The number of nitrogens with zero attached hydrogens (tertiary/aromatic N) is 3. The van der Waals surface area contributed by atoms with Crippen molar-refractivity contribution in [3.05, 3.63) is 33.5 Å². The van der Waals surface area contributed by atoms with Gasteiger partial charge >= 0.3 is 0 Å². The molecule has 1 aliphatic rings. The summed E-state index contributed by atoms with van der Waals surface area (Å²) in [6.45, 7) is 3.26. The molecule has 1 aliphatic carbocycles. The van der Waals surface area contributed by atoms with Gasteiger partial charge in [-0.25, -0.2) is 4.98 Å². The molecule has 0 saturated heterocycles. The van der Waals surface area contributed by atoms with Gasteiger partial charge in [-0.3, -0.25) is 4.68 Å². The van der Waals surface area contributed by atoms with Crippen LogP contribution in [0.5, 0.6) is 0 Å². The Balaban J connectivity index is 1.81. The summed E-state index contributed by atoms with van der Waals surface area (Å²) >= 11 is 2.00. The van der Waals surface area contributed by atoms with Crippen LogP contribution in [0.4, 0.5) is 0 Å². The Hall–Kier alpha value is -1.20. The first-order valence-corrected chi connectivity index (χ1v) is 8.77. The molecule has 3 rings (SSSR count). The summed E-state index contributed by atoms with van der Waals surface area (Å²) in [5.41, 5.74) is 1.59. The van der Waals surface area contributed by atoms with E-state index in [9.17, 15) is 0 Å². The predicted octanol–water partition coefficient (Wildman–Crippen LogP) is 3.04. The Morgan fingerprint density at radius 2 is 2.24 bits per heavy atom.